The van der Waals surface area contributed by atoms with E-state index >= 15 is 0 Å². The van der Waals surface area contributed by atoms with Crippen molar-refractivity contribution >= 4 is 23.1 Å². The Morgan fingerprint density at radius 3 is 2.19 bits per heavy atom. The van der Waals surface area contributed by atoms with Gasteiger partial charge in [0, 0.05) is 16.7 Å². The summed E-state index contributed by atoms with van der Waals surface area (Å²) in [5.74, 6) is -0.964. The summed E-state index contributed by atoms with van der Waals surface area (Å²) in [5, 5.41) is 12.0. The Hall–Kier alpha value is -3.75. The standard InChI is InChI=1S/C23H26FN3O5/c1-5-20(21(26-29-3)16-11-13-18(24)14-12-16)25-32-15-17-9-7-8-10-19(17)22(27-30-4)23(28)31-6-2/h7-14H,5-6,15H2,1-4H3/b25-20+,26-21+,27-22-. The van der Waals surface area contributed by atoms with E-state index in [1.807, 2.05) is 6.92 Å². The SMILES string of the molecule is CCOC(=O)/C(=N\OC)c1ccccc1CO/N=C(CC)/C(=N/OC)c1ccc(F)cc1. The summed E-state index contributed by atoms with van der Waals surface area (Å²) < 4.78 is 18.4. The average molecular weight is 443 g/mol. The second kappa shape index (κ2) is 12.8. The third kappa shape index (κ3) is 6.63. The second-order valence-corrected chi connectivity index (χ2v) is 6.29. The van der Waals surface area contributed by atoms with Gasteiger partial charge in [-0.2, -0.15) is 0 Å². The van der Waals surface area contributed by atoms with Crippen molar-refractivity contribution in [1.82, 2.24) is 0 Å². The molecular weight excluding hydrogens is 417 g/mol. The molecule has 8 nitrogen and oxygen atoms in total. The van der Waals surface area contributed by atoms with E-state index in [2.05, 4.69) is 15.5 Å². The lowest BCUT2D eigenvalue weighted by Gasteiger charge is -2.11. The minimum absolute atomic E-state index is 0.0289. The molecule has 0 aliphatic rings. The van der Waals surface area contributed by atoms with Crippen LogP contribution in [0.3, 0.4) is 0 Å². The van der Waals surface area contributed by atoms with Crippen LogP contribution < -0.4 is 0 Å². The molecule has 0 aliphatic heterocycles. The number of ether oxygens (including phenoxy) is 1. The van der Waals surface area contributed by atoms with Gasteiger partial charge in [0.15, 0.2) is 5.71 Å². The van der Waals surface area contributed by atoms with Gasteiger partial charge in [-0.15, -0.1) is 0 Å². The first kappa shape index (κ1) is 24.5. The van der Waals surface area contributed by atoms with Crippen LogP contribution in [0.15, 0.2) is 64.0 Å². The van der Waals surface area contributed by atoms with E-state index in [4.69, 9.17) is 19.2 Å². The topological polar surface area (TPSA) is 91.1 Å². The quantitative estimate of drug-likeness (QED) is 0.297. The number of esters is 1. The minimum Gasteiger partial charge on any atom is -0.461 e. The van der Waals surface area contributed by atoms with Crippen molar-refractivity contribution in [2.45, 2.75) is 26.9 Å². The van der Waals surface area contributed by atoms with Crippen LogP contribution >= 0.6 is 0 Å². The molecular formula is C23H26FN3O5. The van der Waals surface area contributed by atoms with Crippen molar-refractivity contribution in [3.05, 3.63) is 71.0 Å². The summed E-state index contributed by atoms with van der Waals surface area (Å²) in [6.07, 6.45) is 0.487. The fraction of sp³-hybridized carbons (Fsp3) is 0.304. The Bertz CT molecular complexity index is 987. The van der Waals surface area contributed by atoms with Gasteiger partial charge in [0.1, 0.15) is 38.1 Å². The van der Waals surface area contributed by atoms with Crippen molar-refractivity contribution < 1.29 is 28.4 Å². The Morgan fingerprint density at radius 1 is 0.906 bits per heavy atom. The van der Waals surface area contributed by atoms with Gasteiger partial charge in [-0.05, 0) is 37.6 Å². The van der Waals surface area contributed by atoms with Crippen molar-refractivity contribution in [1.29, 1.82) is 0 Å². The fourth-order valence-electron chi connectivity index (χ4n) is 2.79. The van der Waals surface area contributed by atoms with Crippen LogP contribution in [0.25, 0.3) is 0 Å². The summed E-state index contributed by atoms with van der Waals surface area (Å²) in [7, 11) is 2.77. The second-order valence-electron chi connectivity index (χ2n) is 6.29. The van der Waals surface area contributed by atoms with Crippen LogP contribution in [0.4, 0.5) is 4.39 Å². The highest BCUT2D eigenvalue weighted by Gasteiger charge is 2.20. The van der Waals surface area contributed by atoms with Gasteiger partial charge in [0.05, 0.1) is 6.61 Å². The van der Waals surface area contributed by atoms with Gasteiger partial charge >= 0.3 is 5.97 Å². The predicted molar refractivity (Wildman–Crippen MR) is 119 cm³/mol. The molecule has 0 fully saturated rings. The minimum atomic E-state index is -0.606. The fourth-order valence-corrected chi connectivity index (χ4v) is 2.79. The maximum atomic E-state index is 13.3. The first-order chi connectivity index (χ1) is 15.5. The highest BCUT2D eigenvalue weighted by molar-refractivity contribution is 6.48. The molecule has 2 aromatic rings. The monoisotopic (exact) mass is 443 g/mol. The molecule has 0 amide bonds. The zero-order chi connectivity index (χ0) is 23.3. The summed E-state index contributed by atoms with van der Waals surface area (Å²) in [4.78, 5) is 27.6. The lowest BCUT2D eigenvalue weighted by atomic mass is 10.0. The van der Waals surface area contributed by atoms with Crippen molar-refractivity contribution in [2.75, 3.05) is 20.8 Å². The van der Waals surface area contributed by atoms with E-state index in [-0.39, 0.29) is 24.7 Å². The van der Waals surface area contributed by atoms with E-state index in [0.717, 1.165) is 0 Å². The maximum Gasteiger partial charge on any atom is 0.361 e. The lowest BCUT2D eigenvalue weighted by Crippen LogP contribution is -2.21. The molecule has 0 bridgehead atoms. The third-order valence-corrected chi connectivity index (χ3v) is 4.23. The number of halogens is 1. The summed E-state index contributed by atoms with van der Waals surface area (Å²) in [5.41, 5.74) is 2.76. The zero-order valence-corrected chi connectivity index (χ0v) is 18.5. The Labute approximate surface area is 186 Å². The summed E-state index contributed by atoms with van der Waals surface area (Å²) >= 11 is 0. The molecule has 2 aromatic carbocycles. The molecule has 0 radical (unpaired) electrons. The molecule has 0 saturated carbocycles. The number of hydrogen-bond acceptors (Lipinski definition) is 8. The molecule has 0 atom stereocenters. The van der Waals surface area contributed by atoms with Crippen LogP contribution in [0, 0.1) is 5.82 Å². The van der Waals surface area contributed by atoms with E-state index in [0.29, 0.717) is 34.5 Å². The first-order valence-corrected chi connectivity index (χ1v) is 9.98. The average Bonchev–Trinajstić information content (AvgIpc) is 2.80. The number of carbonyl (C=O) groups excluding carboxylic acids is 1. The first-order valence-electron chi connectivity index (χ1n) is 9.98. The smallest absolute Gasteiger partial charge is 0.361 e. The normalized spacial score (nSPS) is 12.3. The molecule has 170 valence electrons. The molecule has 0 aliphatic carbocycles. The van der Waals surface area contributed by atoms with Crippen LogP contribution in [0.5, 0.6) is 0 Å². The van der Waals surface area contributed by atoms with E-state index in [9.17, 15) is 9.18 Å². The number of hydrogen-bond donors (Lipinski definition) is 0. The molecule has 0 N–H and O–H groups in total. The highest BCUT2D eigenvalue weighted by Crippen LogP contribution is 2.14. The highest BCUT2D eigenvalue weighted by atomic mass is 19.1. The van der Waals surface area contributed by atoms with E-state index in [1.54, 1.807) is 43.3 Å². The molecule has 0 saturated heterocycles. The molecule has 0 aromatic heterocycles. The number of carbonyl (C=O) groups is 1. The van der Waals surface area contributed by atoms with Gasteiger partial charge in [0.2, 0.25) is 0 Å². The van der Waals surface area contributed by atoms with Crippen molar-refractivity contribution in [3.63, 3.8) is 0 Å². The number of rotatable bonds is 11. The van der Waals surface area contributed by atoms with Gasteiger partial charge in [-0.3, -0.25) is 0 Å². The van der Waals surface area contributed by atoms with E-state index < -0.39 is 5.97 Å². The maximum absolute atomic E-state index is 13.3. The van der Waals surface area contributed by atoms with Gasteiger partial charge in [0.25, 0.3) is 0 Å². The van der Waals surface area contributed by atoms with Crippen LogP contribution in [-0.4, -0.2) is 43.9 Å². The van der Waals surface area contributed by atoms with Crippen LogP contribution in [0.2, 0.25) is 0 Å². The summed E-state index contributed by atoms with van der Waals surface area (Å²) in [6, 6.07) is 12.9. The Balaban J connectivity index is 2.28. The lowest BCUT2D eigenvalue weighted by molar-refractivity contribution is -0.135. The Morgan fingerprint density at radius 2 is 1.56 bits per heavy atom. The molecule has 0 heterocycles. The van der Waals surface area contributed by atoms with Crippen LogP contribution in [0.1, 0.15) is 37.0 Å². The molecule has 2 rings (SSSR count). The Kier molecular flexibility index (Phi) is 9.83. The largest absolute Gasteiger partial charge is 0.461 e. The number of nitrogens with zero attached hydrogens (tertiary/aromatic N) is 3. The van der Waals surface area contributed by atoms with Crippen molar-refractivity contribution in [2.24, 2.45) is 15.5 Å². The van der Waals surface area contributed by atoms with E-state index in [1.165, 1.54) is 26.4 Å². The molecule has 32 heavy (non-hydrogen) atoms. The van der Waals surface area contributed by atoms with Crippen LogP contribution in [-0.2, 0) is 30.7 Å². The number of oxime groups is 3. The molecule has 0 unspecified atom stereocenters. The number of benzene rings is 2. The predicted octanol–water partition coefficient (Wildman–Crippen LogP) is 4.07. The van der Waals surface area contributed by atoms with Crippen molar-refractivity contribution in [3.8, 4) is 0 Å². The molecule has 0 spiro atoms. The van der Waals surface area contributed by atoms with Gasteiger partial charge in [-0.25, -0.2) is 9.18 Å². The van der Waals surface area contributed by atoms with Gasteiger partial charge in [-0.1, -0.05) is 46.7 Å². The van der Waals surface area contributed by atoms with Gasteiger partial charge < -0.3 is 19.2 Å². The third-order valence-electron chi connectivity index (χ3n) is 4.23. The zero-order valence-electron chi connectivity index (χ0n) is 18.5. The molecule has 9 heteroatoms. The summed E-state index contributed by atoms with van der Waals surface area (Å²) in [6.45, 7) is 3.84.